The Morgan fingerprint density at radius 3 is 2.69 bits per heavy atom. The molecule has 3 rings (SSSR count). The first-order valence-corrected chi connectivity index (χ1v) is 9.42. The number of nitrogen functional groups attached to an aromatic ring is 1. The third-order valence-corrected chi connectivity index (χ3v) is 4.09. The van der Waals surface area contributed by atoms with Crippen LogP contribution in [-0.4, -0.2) is 48.7 Å². The van der Waals surface area contributed by atoms with Gasteiger partial charge in [-0.15, -0.1) is 0 Å². The molecule has 5 N–H and O–H groups in total. The van der Waals surface area contributed by atoms with E-state index in [4.69, 9.17) is 20.8 Å². The van der Waals surface area contributed by atoms with Crippen molar-refractivity contribution < 1.29 is 14.5 Å². The average molecular weight is 399 g/mol. The van der Waals surface area contributed by atoms with Crippen molar-refractivity contribution in [3.63, 3.8) is 0 Å². The first-order valence-electron chi connectivity index (χ1n) is 9.42. The highest BCUT2D eigenvalue weighted by atomic mass is 16.6. The van der Waals surface area contributed by atoms with Crippen LogP contribution in [-0.2, 0) is 6.54 Å². The van der Waals surface area contributed by atoms with Crippen molar-refractivity contribution in [1.82, 2.24) is 24.8 Å². The molecule has 0 unspecified atom stereocenters. The van der Waals surface area contributed by atoms with Gasteiger partial charge in [-0.05, 0) is 56.4 Å². The lowest BCUT2D eigenvalue weighted by Crippen LogP contribution is -2.14. The van der Waals surface area contributed by atoms with E-state index in [2.05, 4.69) is 32.1 Å². The fraction of sp³-hybridized carbons (Fsp3) is 0.474. The first-order chi connectivity index (χ1) is 13.8. The number of nitrogens with zero attached hydrogens (tertiary/aromatic N) is 5. The largest absolute Gasteiger partial charge is 0.478 e. The standard InChI is InChI=1S/C19H25N7O3/c1-4-26-13-11-14(28-10-6-5-9-20)22-12(7-8-19(2,3)27)15(13)23-18(26)16-17(21)25-29-24-16/h11,27H,4-6,9-10,20H2,1-3H3,(H2,21,25). The lowest BCUT2D eigenvalue weighted by molar-refractivity contribution is 0.143. The van der Waals surface area contributed by atoms with Crippen molar-refractivity contribution in [2.45, 2.75) is 45.8 Å². The number of hydrogen-bond acceptors (Lipinski definition) is 9. The van der Waals surface area contributed by atoms with Crippen LogP contribution in [0.15, 0.2) is 10.7 Å². The fourth-order valence-corrected chi connectivity index (χ4v) is 2.75. The van der Waals surface area contributed by atoms with Crippen LogP contribution < -0.4 is 16.2 Å². The molecular weight excluding hydrogens is 374 g/mol. The van der Waals surface area contributed by atoms with E-state index in [-0.39, 0.29) is 5.82 Å². The van der Waals surface area contributed by atoms with Gasteiger partial charge in [0.2, 0.25) is 5.88 Å². The van der Waals surface area contributed by atoms with Gasteiger partial charge < -0.3 is 25.9 Å². The molecular formula is C19H25N7O3. The van der Waals surface area contributed by atoms with Crippen LogP contribution in [0, 0.1) is 11.8 Å². The lowest BCUT2D eigenvalue weighted by atomic mass is 10.1. The number of fused-ring (bicyclic) bond motifs is 1. The number of hydrogen-bond donors (Lipinski definition) is 3. The Labute approximate surface area is 168 Å². The molecule has 10 nitrogen and oxygen atoms in total. The zero-order valence-corrected chi connectivity index (χ0v) is 16.8. The highest BCUT2D eigenvalue weighted by molar-refractivity contribution is 5.86. The quantitative estimate of drug-likeness (QED) is 0.394. The summed E-state index contributed by atoms with van der Waals surface area (Å²) in [6, 6.07) is 1.80. The number of anilines is 1. The van der Waals surface area contributed by atoms with Crippen LogP contribution in [0.3, 0.4) is 0 Å². The van der Waals surface area contributed by atoms with Gasteiger partial charge >= 0.3 is 0 Å². The molecule has 0 amide bonds. The smallest absolute Gasteiger partial charge is 0.216 e. The molecule has 3 aromatic rings. The maximum Gasteiger partial charge on any atom is 0.216 e. The maximum absolute atomic E-state index is 10.00. The van der Waals surface area contributed by atoms with E-state index in [9.17, 15) is 5.11 Å². The lowest BCUT2D eigenvalue weighted by Gasteiger charge is -2.09. The Morgan fingerprint density at radius 2 is 2.07 bits per heavy atom. The number of aromatic nitrogens is 5. The minimum Gasteiger partial charge on any atom is -0.478 e. The van der Waals surface area contributed by atoms with Gasteiger partial charge in [0.15, 0.2) is 17.3 Å². The monoisotopic (exact) mass is 399 g/mol. The van der Waals surface area contributed by atoms with Crippen molar-refractivity contribution in [3.8, 4) is 29.2 Å². The normalized spacial score (nSPS) is 11.5. The topological polar surface area (TPSA) is 151 Å². The summed E-state index contributed by atoms with van der Waals surface area (Å²) in [5.41, 5.74) is 12.3. The number of ether oxygens (including phenoxy) is 1. The summed E-state index contributed by atoms with van der Waals surface area (Å²) in [4.78, 5) is 9.13. The molecule has 0 aliphatic rings. The van der Waals surface area contributed by atoms with Crippen molar-refractivity contribution in [2.24, 2.45) is 5.73 Å². The summed E-state index contributed by atoms with van der Waals surface area (Å²) < 4.78 is 12.4. The third-order valence-electron chi connectivity index (χ3n) is 4.09. The number of aliphatic hydroxyl groups is 1. The first kappa shape index (κ1) is 20.6. The fourth-order valence-electron chi connectivity index (χ4n) is 2.75. The van der Waals surface area contributed by atoms with Gasteiger partial charge in [-0.25, -0.2) is 14.6 Å². The minimum atomic E-state index is -1.18. The predicted molar refractivity (Wildman–Crippen MR) is 108 cm³/mol. The van der Waals surface area contributed by atoms with E-state index < -0.39 is 5.60 Å². The van der Waals surface area contributed by atoms with E-state index in [0.29, 0.717) is 48.3 Å². The van der Waals surface area contributed by atoms with E-state index in [1.54, 1.807) is 19.9 Å². The van der Waals surface area contributed by atoms with Crippen LogP contribution in [0.5, 0.6) is 5.88 Å². The Morgan fingerprint density at radius 1 is 1.28 bits per heavy atom. The molecule has 0 aliphatic heterocycles. The van der Waals surface area contributed by atoms with Crippen LogP contribution in [0.1, 0.15) is 39.3 Å². The van der Waals surface area contributed by atoms with E-state index in [0.717, 1.165) is 18.4 Å². The second kappa shape index (κ2) is 8.46. The number of nitrogens with two attached hydrogens (primary N) is 2. The minimum absolute atomic E-state index is 0.144. The second-order valence-corrected chi connectivity index (χ2v) is 7.01. The molecule has 0 atom stereocenters. The SMILES string of the molecule is CCn1c(-c2nonc2N)nc2c(C#CC(C)(C)O)nc(OCCCCN)cc21. The number of imidazole rings is 1. The number of pyridine rings is 1. The zero-order valence-electron chi connectivity index (χ0n) is 16.8. The Hall–Kier alpha value is -3.16. The van der Waals surface area contributed by atoms with Gasteiger partial charge in [-0.1, -0.05) is 5.92 Å². The summed E-state index contributed by atoms with van der Waals surface area (Å²) in [5.74, 6) is 6.75. The van der Waals surface area contributed by atoms with E-state index in [1.807, 2.05) is 11.5 Å². The van der Waals surface area contributed by atoms with Crippen LogP contribution in [0.4, 0.5) is 5.82 Å². The number of aryl methyl sites for hydroxylation is 1. The molecule has 154 valence electrons. The molecule has 0 saturated carbocycles. The maximum atomic E-state index is 10.00. The molecule has 0 radical (unpaired) electrons. The van der Waals surface area contributed by atoms with Crippen molar-refractivity contribution in [3.05, 3.63) is 11.8 Å². The molecule has 0 saturated heterocycles. The summed E-state index contributed by atoms with van der Waals surface area (Å²) in [6.07, 6.45) is 1.68. The van der Waals surface area contributed by atoms with Gasteiger partial charge in [0.25, 0.3) is 0 Å². The molecule has 3 aromatic heterocycles. The average Bonchev–Trinajstić information content (AvgIpc) is 3.25. The third kappa shape index (κ3) is 4.64. The Bertz CT molecular complexity index is 1050. The van der Waals surface area contributed by atoms with Gasteiger partial charge in [0.1, 0.15) is 16.8 Å². The second-order valence-electron chi connectivity index (χ2n) is 7.01. The summed E-state index contributed by atoms with van der Waals surface area (Å²) in [6.45, 7) is 6.86. The molecule has 0 bridgehead atoms. The molecule has 0 fully saturated rings. The highest BCUT2D eigenvalue weighted by Gasteiger charge is 2.21. The van der Waals surface area contributed by atoms with Crippen molar-refractivity contribution >= 4 is 16.9 Å². The summed E-state index contributed by atoms with van der Waals surface area (Å²) >= 11 is 0. The highest BCUT2D eigenvalue weighted by Crippen LogP contribution is 2.29. The molecule has 3 heterocycles. The molecule has 10 heteroatoms. The number of unbranched alkanes of at least 4 members (excludes halogenated alkanes) is 1. The van der Waals surface area contributed by atoms with Crippen LogP contribution in [0.25, 0.3) is 22.6 Å². The van der Waals surface area contributed by atoms with E-state index in [1.165, 1.54) is 0 Å². The van der Waals surface area contributed by atoms with Gasteiger partial charge in [-0.2, -0.15) is 0 Å². The van der Waals surface area contributed by atoms with Gasteiger partial charge in [0, 0.05) is 12.6 Å². The molecule has 0 aromatic carbocycles. The Kier molecular flexibility index (Phi) is 6.00. The van der Waals surface area contributed by atoms with Gasteiger partial charge in [-0.3, -0.25) is 0 Å². The van der Waals surface area contributed by atoms with Crippen LogP contribution >= 0.6 is 0 Å². The summed E-state index contributed by atoms with van der Waals surface area (Å²) in [5, 5.41) is 17.5. The van der Waals surface area contributed by atoms with Gasteiger partial charge in [0.05, 0.1) is 12.1 Å². The van der Waals surface area contributed by atoms with Crippen molar-refractivity contribution in [1.29, 1.82) is 0 Å². The predicted octanol–water partition coefficient (Wildman–Crippen LogP) is 1.32. The molecule has 0 spiro atoms. The Balaban J connectivity index is 2.15. The van der Waals surface area contributed by atoms with E-state index >= 15 is 0 Å². The molecule has 29 heavy (non-hydrogen) atoms. The number of rotatable bonds is 7. The summed E-state index contributed by atoms with van der Waals surface area (Å²) in [7, 11) is 0. The van der Waals surface area contributed by atoms with Crippen molar-refractivity contribution in [2.75, 3.05) is 18.9 Å². The molecule has 0 aliphatic carbocycles. The van der Waals surface area contributed by atoms with Crippen LogP contribution in [0.2, 0.25) is 0 Å². The zero-order chi connectivity index (χ0) is 21.0.